The number of esters is 2. The molecule has 0 amide bonds. The van der Waals surface area contributed by atoms with Crippen molar-refractivity contribution in [1.82, 2.24) is 0 Å². The van der Waals surface area contributed by atoms with Gasteiger partial charge in [0.1, 0.15) is 45.2 Å². The van der Waals surface area contributed by atoms with E-state index in [4.69, 9.17) is 9.47 Å². The number of carbonyl (C=O) groups is 4. The number of thiophene rings is 6. The number of fused-ring (bicyclic) bond motifs is 14. The van der Waals surface area contributed by atoms with Crippen LogP contribution in [-0.4, -0.2) is 36.7 Å². The van der Waals surface area contributed by atoms with Gasteiger partial charge in [-0.1, -0.05) is 337 Å². The standard InChI is InChI=1S/C117H132F4N4O6S6/c1-11-15-19-23-27-31-33-37-41-45-49-73(47-43-39-35-29-25-21-17-13-3)71-130-113(128)101-61-85-97(63-87-103(75(67-122)68-123)81-57-93(118)95(120)59-83(81)105(87)126)132-111(107(85)136-101)99-65-91-109(134-99)110-92(117(91)89-55-77(115(5,6)7)51-53-79(89)80-54-52-78(56-90(80)117)116(8,9)10)66-100(135-110)112-108-86(98(133-112)64-88-104(76(69-124)70-125)82-58-94(119)96(121)60-84(82)106(88)127)62-102(137-108)114(129)131-72-74(48-44-40-36-30-26-22-18-14-4)50-46-42-38-34-32-28-24-20-16-12-2/h51-66,73-74H,11-50,71-72H2,1-10H3/b87-63-,88-64-. The molecule has 6 heterocycles. The van der Waals surface area contributed by atoms with Gasteiger partial charge in [-0.3, -0.25) is 9.59 Å². The van der Waals surface area contributed by atoms with Crippen molar-refractivity contribution in [1.29, 1.82) is 21.0 Å². The maximum atomic E-state index is 15.5. The third kappa shape index (κ3) is 23.2. The van der Waals surface area contributed by atoms with Crippen LogP contribution in [0.3, 0.4) is 0 Å². The number of hydrogen-bond donors (Lipinski definition) is 0. The lowest BCUT2D eigenvalue weighted by Gasteiger charge is -2.31. The first kappa shape index (κ1) is 103. The number of nitriles is 4. The Morgan fingerprint density at radius 1 is 0.358 bits per heavy atom. The Morgan fingerprint density at radius 2 is 0.650 bits per heavy atom. The molecule has 4 aromatic carbocycles. The van der Waals surface area contributed by atoms with Gasteiger partial charge in [0.25, 0.3) is 0 Å². The summed E-state index contributed by atoms with van der Waals surface area (Å²) in [6.07, 6.45) is 50.3. The second-order valence-electron chi connectivity index (χ2n) is 40.5. The Hall–Kier alpha value is -9.48. The van der Waals surface area contributed by atoms with Gasteiger partial charge < -0.3 is 9.47 Å². The van der Waals surface area contributed by atoms with Crippen molar-refractivity contribution >= 4 is 135 Å². The number of halogens is 4. The topological polar surface area (TPSA) is 182 Å². The second kappa shape index (κ2) is 47.7. The van der Waals surface area contributed by atoms with Crippen LogP contribution in [-0.2, 0) is 25.7 Å². The summed E-state index contributed by atoms with van der Waals surface area (Å²) in [7, 11) is 0. The molecule has 0 saturated heterocycles. The Morgan fingerprint density at radius 3 is 0.942 bits per heavy atom. The number of ketones is 2. The maximum Gasteiger partial charge on any atom is 0.348 e. The van der Waals surface area contributed by atoms with Crippen LogP contribution in [0.1, 0.15) is 420 Å². The van der Waals surface area contributed by atoms with Gasteiger partial charge in [-0.15, -0.1) is 68.0 Å². The SMILES string of the molecule is CCCCCCCCCCCCC(CCCCCCCCCC)COC(=O)c1cc2c(/C=C3\C(=O)c4cc(F)c(F)cc4C3=C(C#N)C#N)sc(-c3cc4c(s3)-c3sc(-c5sc(/C=C6\C(=O)c7cc(F)c(F)cc7C6=C(C#N)C#N)c6cc(C(=O)OCC(CCCCCCCCCC)CCCCCCCCCCCC)sc56)cc3C43c4cc(C(C)(C)C)ccc4-c4ccc(C(C)(C)C)cc43)c2s1. The van der Waals surface area contributed by atoms with Crippen molar-refractivity contribution in [3.8, 4) is 64.7 Å². The summed E-state index contributed by atoms with van der Waals surface area (Å²) in [5.41, 5.74) is 4.94. The summed E-state index contributed by atoms with van der Waals surface area (Å²) in [6, 6.07) is 33.0. The van der Waals surface area contributed by atoms with E-state index in [2.05, 4.69) is 118 Å². The molecule has 0 N–H and O–H groups in total. The highest BCUT2D eigenvalue weighted by Gasteiger charge is 2.55. The van der Waals surface area contributed by atoms with Gasteiger partial charge in [-0.2, -0.15) is 21.0 Å². The zero-order valence-electron chi connectivity index (χ0n) is 81.8. The zero-order chi connectivity index (χ0) is 97.2. The van der Waals surface area contributed by atoms with Crippen molar-refractivity contribution in [2.45, 2.75) is 342 Å². The quantitative estimate of drug-likeness (QED) is 0.0117. The number of benzene rings is 4. The van der Waals surface area contributed by atoms with Crippen LogP contribution < -0.4 is 0 Å². The molecule has 0 radical (unpaired) electrons. The van der Waals surface area contributed by atoms with E-state index in [0.29, 0.717) is 30.3 Å². The highest BCUT2D eigenvalue weighted by molar-refractivity contribution is 7.33. The summed E-state index contributed by atoms with van der Waals surface area (Å²) < 4.78 is 76.4. The monoisotopic (exact) mass is 1960 g/mol. The normalized spacial score (nSPS) is 14.5. The number of allylic oxidation sites excluding steroid dienone is 6. The molecule has 720 valence electrons. The van der Waals surface area contributed by atoms with E-state index in [9.17, 15) is 21.0 Å². The first-order valence-corrected chi connectivity index (χ1v) is 55.8. The molecule has 0 saturated carbocycles. The molecular formula is C117H132F4N4O6S6. The Balaban J connectivity index is 0.913. The lowest BCUT2D eigenvalue weighted by molar-refractivity contribution is 0.0419. The number of Topliss-reactive ketones (excluding diaryl/α,β-unsaturated/α-hetero) is 2. The van der Waals surface area contributed by atoms with E-state index < -0.39 is 63.3 Å². The van der Waals surface area contributed by atoms with E-state index >= 15 is 36.7 Å². The van der Waals surface area contributed by atoms with Crippen molar-refractivity contribution in [3.63, 3.8) is 0 Å². The van der Waals surface area contributed by atoms with Crippen molar-refractivity contribution in [3.05, 3.63) is 206 Å². The summed E-state index contributed by atoms with van der Waals surface area (Å²) in [5, 5.41) is 43.7. The third-order valence-electron chi connectivity index (χ3n) is 28.5. The highest BCUT2D eigenvalue weighted by Crippen LogP contribution is 2.69. The van der Waals surface area contributed by atoms with Crippen molar-refractivity contribution < 1.29 is 46.2 Å². The lowest BCUT2D eigenvalue weighted by Crippen LogP contribution is -2.26. The largest absolute Gasteiger partial charge is 0.461 e. The van der Waals surface area contributed by atoms with E-state index in [1.165, 1.54) is 225 Å². The molecular weight excluding hydrogens is 1830 g/mol. The Kier molecular flexibility index (Phi) is 36.0. The van der Waals surface area contributed by atoms with Crippen LogP contribution >= 0.6 is 68.0 Å². The van der Waals surface area contributed by atoms with Crippen molar-refractivity contribution in [2.24, 2.45) is 11.8 Å². The van der Waals surface area contributed by atoms with Crippen LogP contribution in [0.25, 0.3) is 83.9 Å². The molecule has 0 fully saturated rings. The molecule has 2 atom stereocenters. The predicted molar refractivity (Wildman–Crippen MR) is 562 cm³/mol. The predicted octanol–water partition coefficient (Wildman–Crippen LogP) is 36.6. The summed E-state index contributed by atoms with van der Waals surface area (Å²) in [4.78, 5) is 67.4. The maximum absolute atomic E-state index is 15.5. The first-order chi connectivity index (χ1) is 66.2. The Labute approximate surface area is 833 Å². The summed E-state index contributed by atoms with van der Waals surface area (Å²) >= 11 is 8.56. The van der Waals surface area contributed by atoms with Crippen LogP contribution in [0.2, 0.25) is 0 Å². The second-order valence-corrected chi connectivity index (χ2v) is 46.8. The molecule has 20 heteroatoms. The minimum atomic E-state index is -1.26. The number of hydrogen-bond acceptors (Lipinski definition) is 16. The van der Waals surface area contributed by atoms with Gasteiger partial charge >= 0.3 is 11.9 Å². The molecule has 2 unspecified atom stereocenters. The number of carbonyl (C=O) groups excluding carboxylic acids is 4. The highest BCUT2D eigenvalue weighted by atomic mass is 32.1. The van der Waals surface area contributed by atoms with Gasteiger partial charge in [0.05, 0.1) is 47.5 Å². The van der Waals surface area contributed by atoms with Crippen molar-refractivity contribution in [2.75, 3.05) is 13.2 Å². The third-order valence-corrected chi connectivity index (χ3v) is 36.1. The molecule has 0 bridgehead atoms. The van der Waals surface area contributed by atoms with Crippen LogP contribution in [0, 0.1) is 80.4 Å². The fraction of sp³-hybridized carbons (Fsp3) is 0.487. The van der Waals surface area contributed by atoms with E-state index in [0.717, 1.165) is 184 Å². The van der Waals surface area contributed by atoms with Gasteiger partial charge in [0, 0.05) is 63.7 Å². The number of ether oxygens (including phenoxy) is 2. The van der Waals surface area contributed by atoms with E-state index in [1.807, 2.05) is 36.4 Å². The molecule has 6 aromatic heterocycles. The van der Waals surface area contributed by atoms with E-state index in [-0.39, 0.29) is 80.4 Å². The van der Waals surface area contributed by atoms with Crippen LogP contribution in [0.4, 0.5) is 17.6 Å². The fourth-order valence-corrected chi connectivity index (χ4v) is 28.5. The van der Waals surface area contributed by atoms with Crippen LogP contribution in [0.15, 0.2) is 107 Å². The molecule has 137 heavy (non-hydrogen) atoms. The van der Waals surface area contributed by atoms with Gasteiger partial charge in [0.2, 0.25) is 0 Å². The molecule has 1 spiro atoms. The first-order valence-electron chi connectivity index (χ1n) is 50.9. The number of unbranched alkanes of at least 4 members (excludes halogenated alkanes) is 32. The lowest BCUT2D eigenvalue weighted by atomic mass is 9.69. The summed E-state index contributed by atoms with van der Waals surface area (Å²) in [5.74, 6) is -7.07. The zero-order valence-corrected chi connectivity index (χ0v) is 86.7. The average molecular weight is 1960 g/mol. The fourth-order valence-electron chi connectivity index (χ4n) is 20.7. The van der Waals surface area contributed by atoms with Gasteiger partial charge in [-0.25, -0.2) is 27.2 Å². The van der Waals surface area contributed by atoms with Gasteiger partial charge in [-0.05, 0) is 165 Å². The Bertz CT molecular complexity index is 5990. The molecule has 4 aliphatic carbocycles. The molecule has 10 aromatic rings. The number of rotatable bonds is 50. The smallest absolute Gasteiger partial charge is 0.348 e. The van der Waals surface area contributed by atoms with Crippen LogP contribution in [0.5, 0.6) is 0 Å². The minimum Gasteiger partial charge on any atom is -0.461 e. The van der Waals surface area contributed by atoms with Gasteiger partial charge in [0.15, 0.2) is 34.8 Å². The molecule has 4 aliphatic rings. The van der Waals surface area contributed by atoms with E-state index in [1.54, 1.807) is 34.8 Å². The molecule has 14 rings (SSSR count). The molecule has 10 nitrogen and oxygen atoms in total. The molecule has 0 aliphatic heterocycles. The minimum absolute atomic E-state index is 0.0782. The summed E-state index contributed by atoms with van der Waals surface area (Å²) in [6.45, 7) is 22.8. The number of nitrogens with zero attached hydrogens (tertiary/aromatic N) is 4. The average Bonchev–Trinajstić information content (AvgIpc) is 1.49.